The monoisotopic (exact) mass is 266 g/mol. The first kappa shape index (κ1) is 13.4. The lowest BCUT2D eigenvalue weighted by Crippen LogP contribution is -2.43. The molecule has 1 saturated heterocycles. The number of nitrogens with one attached hydrogen (secondary N) is 2. The number of ether oxygens (including phenoxy) is 1. The number of amides is 1. The van der Waals surface area contributed by atoms with Gasteiger partial charge in [-0.05, 0) is 18.4 Å². The van der Waals surface area contributed by atoms with E-state index in [1.165, 1.54) is 0 Å². The van der Waals surface area contributed by atoms with Crippen molar-refractivity contribution in [3.05, 3.63) is 24.3 Å². The molecule has 18 heavy (non-hydrogen) atoms. The predicted molar refractivity (Wildman–Crippen MR) is 74.1 cm³/mol. The van der Waals surface area contributed by atoms with Crippen molar-refractivity contribution >= 4 is 23.4 Å². The van der Waals surface area contributed by atoms with Gasteiger partial charge < -0.3 is 15.4 Å². The Balaban J connectivity index is 1.90. The van der Waals surface area contributed by atoms with E-state index in [0.717, 1.165) is 23.7 Å². The summed E-state index contributed by atoms with van der Waals surface area (Å²) in [6.07, 6.45) is 2.45. The van der Waals surface area contributed by atoms with Gasteiger partial charge in [0.2, 0.25) is 5.91 Å². The van der Waals surface area contributed by atoms with Gasteiger partial charge in [-0.1, -0.05) is 12.1 Å². The minimum absolute atomic E-state index is 0.0273. The van der Waals surface area contributed by atoms with Crippen molar-refractivity contribution in [2.75, 3.05) is 31.3 Å². The maximum Gasteiger partial charge on any atom is 0.226 e. The maximum atomic E-state index is 11.9. The fourth-order valence-corrected chi connectivity index (χ4v) is 2.48. The SMILES string of the molecule is CSc1ccccc1NC(=O)CC1COCCN1. The molecule has 0 aliphatic carbocycles. The number of carbonyl (C=O) groups excluding carboxylic acids is 1. The molecule has 1 amide bonds. The van der Waals surface area contributed by atoms with Crippen LogP contribution in [0.25, 0.3) is 0 Å². The van der Waals surface area contributed by atoms with Crippen LogP contribution in [0.3, 0.4) is 0 Å². The molecular formula is C13H18N2O2S. The van der Waals surface area contributed by atoms with Crippen molar-refractivity contribution < 1.29 is 9.53 Å². The number of carbonyl (C=O) groups is 1. The van der Waals surface area contributed by atoms with Gasteiger partial charge in [-0.2, -0.15) is 0 Å². The zero-order valence-electron chi connectivity index (χ0n) is 10.4. The van der Waals surface area contributed by atoms with Gasteiger partial charge in [0.25, 0.3) is 0 Å². The van der Waals surface area contributed by atoms with E-state index in [-0.39, 0.29) is 11.9 Å². The average Bonchev–Trinajstić information content (AvgIpc) is 2.40. The molecule has 1 aromatic rings. The second-order valence-electron chi connectivity index (χ2n) is 4.18. The lowest BCUT2D eigenvalue weighted by atomic mass is 10.2. The van der Waals surface area contributed by atoms with Crippen LogP contribution in [0.15, 0.2) is 29.2 Å². The number of thioether (sulfide) groups is 1. The van der Waals surface area contributed by atoms with Crippen LogP contribution in [0.2, 0.25) is 0 Å². The molecule has 0 aromatic heterocycles. The molecule has 98 valence electrons. The summed E-state index contributed by atoms with van der Waals surface area (Å²) >= 11 is 1.63. The molecule has 1 aromatic carbocycles. The highest BCUT2D eigenvalue weighted by atomic mass is 32.2. The number of rotatable bonds is 4. The molecule has 0 saturated carbocycles. The summed E-state index contributed by atoms with van der Waals surface area (Å²) in [4.78, 5) is 13.0. The van der Waals surface area contributed by atoms with Gasteiger partial charge in [0.1, 0.15) is 0 Å². The van der Waals surface area contributed by atoms with Crippen LogP contribution in [0.1, 0.15) is 6.42 Å². The number of anilines is 1. The second kappa shape index (κ2) is 6.78. The Kier molecular flexibility index (Phi) is 5.04. The van der Waals surface area contributed by atoms with Gasteiger partial charge in [-0.3, -0.25) is 4.79 Å². The fraction of sp³-hybridized carbons (Fsp3) is 0.462. The lowest BCUT2D eigenvalue weighted by Gasteiger charge is -2.23. The highest BCUT2D eigenvalue weighted by Gasteiger charge is 2.17. The van der Waals surface area contributed by atoms with Crippen LogP contribution in [0.4, 0.5) is 5.69 Å². The van der Waals surface area contributed by atoms with Crippen molar-refractivity contribution in [3.63, 3.8) is 0 Å². The second-order valence-corrected chi connectivity index (χ2v) is 5.03. The van der Waals surface area contributed by atoms with Crippen molar-refractivity contribution in [1.82, 2.24) is 5.32 Å². The molecule has 1 aliphatic rings. The summed E-state index contributed by atoms with van der Waals surface area (Å²) in [5.41, 5.74) is 0.881. The predicted octanol–water partition coefficient (Wildman–Crippen LogP) is 1.73. The molecule has 2 rings (SSSR count). The average molecular weight is 266 g/mol. The normalized spacial score (nSPS) is 19.5. The zero-order valence-corrected chi connectivity index (χ0v) is 11.3. The van der Waals surface area contributed by atoms with Crippen LogP contribution in [0, 0.1) is 0 Å². The fourth-order valence-electron chi connectivity index (χ4n) is 1.92. The van der Waals surface area contributed by atoms with Crippen LogP contribution >= 0.6 is 11.8 Å². The molecular weight excluding hydrogens is 248 g/mol. The van der Waals surface area contributed by atoms with E-state index in [0.29, 0.717) is 13.0 Å². The van der Waals surface area contributed by atoms with Crippen molar-refractivity contribution in [1.29, 1.82) is 0 Å². The van der Waals surface area contributed by atoms with Gasteiger partial charge in [-0.25, -0.2) is 0 Å². The standard InChI is InChI=1S/C13H18N2O2S/c1-18-12-5-3-2-4-11(12)15-13(16)8-10-9-17-7-6-14-10/h2-5,10,14H,6-9H2,1H3,(H,15,16). The number of para-hydroxylation sites is 1. The molecule has 1 atom stereocenters. The molecule has 2 N–H and O–H groups in total. The highest BCUT2D eigenvalue weighted by molar-refractivity contribution is 7.98. The van der Waals surface area contributed by atoms with E-state index in [4.69, 9.17) is 4.74 Å². The van der Waals surface area contributed by atoms with Gasteiger partial charge in [0.05, 0.1) is 18.9 Å². The maximum absolute atomic E-state index is 11.9. The van der Waals surface area contributed by atoms with Crippen LogP contribution in [-0.4, -0.2) is 38.0 Å². The number of hydrogen-bond acceptors (Lipinski definition) is 4. The Bertz CT molecular complexity index is 406. The lowest BCUT2D eigenvalue weighted by molar-refractivity contribution is -0.117. The van der Waals surface area contributed by atoms with E-state index in [9.17, 15) is 4.79 Å². The Labute approximate surface area is 111 Å². The Morgan fingerprint density at radius 1 is 1.56 bits per heavy atom. The van der Waals surface area contributed by atoms with E-state index in [1.807, 2.05) is 30.5 Å². The minimum atomic E-state index is 0.0273. The van der Waals surface area contributed by atoms with E-state index in [2.05, 4.69) is 10.6 Å². The smallest absolute Gasteiger partial charge is 0.226 e. The molecule has 1 fully saturated rings. The van der Waals surface area contributed by atoms with Crippen molar-refractivity contribution in [2.45, 2.75) is 17.4 Å². The van der Waals surface area contributed by atoms with Gasteiger partial charge in [-0.15, -0.1) is 11.8 Å². The molecule has 0 spiro atoms. The van der Waals surface area contributed by atoms with E-state index < -0.39 is 0 Å². The van der Waals surface area contributed by atoms with Crippen LogP contribution in [-0.2, 0) is 9.53 Å². The minimum Gasteiger partial charge on any atom is -0.378 e. The molecule has 1 aliphatic heterocycles. The van der Waals surface area contributed by atoms with Gasteiger partial charge in [0.15, 0.2) is 0 Å². The van der Waals surface area contributed by atoms with Gasteiger partial charge >= 0.3 is 0 Å². The summed E-state index contributed by atoms with van der Waals surface area (Å²) < 4.78 is 5.33. The molecule has 1 unspecified atom stereocenters. The molecule has 4 nitrogen and oxygen atoms in total. The summed E-state index contributed by atoms with van der Waals surface area (Å²) in [7, 11) is 0. The number of benzene rings is 1. The molecule has 0 bridgehead atoms. The largest absolute Gasteiger partial charge is 0.378 e. The Morgan fingerprint density at radius 3 is 3.11 bits per heavy atom. The van der Waals surface area contributed by atoms with Crippen molar-refractivity contribution in [3.8, 4) is 0 Å². The first-order chi connectivity index (χ1) is 8.79. The third kappa shape index (κ3) is 3.73. The van der Waals surface area contributed by atoms with E-state index >= 15 is 0 Å². The Hall–Kier alpha value is -1.04. The number of hydrogen-bond donors (Lipinski definition) is 2. The van der Waals surface area contributed by atoms with E-state index in [1.54, 1.807) is 11.8 Å². The summed E-state index contributed by atoms with van der Waals surface area (Å²) in [5, 5.41) is 6.23. The molecule has 5 heteroatoms. The summed E-state index contributed by atoms with van der Waals surface area (Å²) in [5.74, 6) is 0.0273. The van der Waals surface area contributed by atoms with Crippen LogP contribution < -0.4 is 10.6 Å². The summed E-state index contributed by atoms with van der Waals surface area (Å²) in [6.45, 7) is 2.16. The van der Waals surface area contributed by atoms with Crippen molar-refractivity contribution in [2.24, 2.45) is 0 Å². The third-order valence-electron chi connectivity index (χ3n) is 2.81. The molecule has 1 heterocycles. The highest BCUT2D eigenvalue weighted by Crippen LogP contribution is 2.24. The first-order valence-electron chi connectivity index (χ1n) is 6.03. The number of morpholine rings is 1. The third-order valence-corrected chi connectivity index (χ3v) is 3.61. The topological polar surface area (TPSA) is 50.4 Å². The summed E-state index contributed by atoms with van der Waals surface area (Å²) in [6, 6.07) is 7.95. The van der Waals surface area contributed by atoms with Crippen LogP contribution in [0.5, 0.6) is 0 Å². The zero-order chi connectivity index (χ0) is 12.8. The quantitative estimate of drug-likeness (QED) is 0.815. The van der Waals surface area contributed by atoms with Gasteiger partial charge in [0, 0.05) is 23.9 Å². The first-order valence-corrected chi connectivity index (χ1v) is 7.26. The molecule has 0 radical (unpaired) electrons. The Morgan fingerprint density at radius 2 is 2.39 bits per heavy atom.